The summed E-state index contributed by atoms with van der Waals surface area (Å²) in [5.41, 5.74) is -0.292. The van der Waals surface area contributed by atoms with Gasteiger partial charge in [-0.3, -0.25) is 9.59 Å². The van der Waals surface area contributed by atoms with Crippen molar-refractivity contribution in [3.05, 3.63) is 29.3 Å². The van der Waals surface area contributed by atoms with Crippen LogP contribution in [0.25, 0.3) is 0 Å². The summed E-state index contributed by atoms with van der Waals surface area (Å²) in [5, 5.41) is 11.4. The van der Waals surface area contributed by atoms with Crippen molar-refractivity contribution < 1.29 is 23.5 Å². The van der Waals surface area contributed by atoms with Crippen LogP contribution >= 0.6 is 0 Å². The smallest absolute Gasteiger partial charge is 0.307 e. The van der Waals surface area contributed by atoms with Crippen molar-refractivity contribution in [1.82, 2.24) is 0 Å². The summed E-state index contributed by atoms with van der Waals surface area (Å²) in [4.78, 5) is 23.4. The Bertz CT molecular complexity index is 574. The van der Waals surface area contributed by atoms with Gasteiger partial charge < -0.3 is 10.4 Å². The number of carboxylic acids is 1. The van der Waals surface area contributed by atoms with Crippen molar-refractivity contribution in [2.75, 3.05) is 5.32 Å². The molecule has 1 aromatic carbocycles. The predicted molar refractivity (Wildman–Crippen MR) is 72.8 cm³/mol. The summed E-state index contributed by atoms with van der Waals surface area (Å²) < 4.78 is 27.5. The topological polar surface area (TPSA) is 66.4 Å². The van der Waals surface area contributed by atoms with E-state index < -0.39 is 41.0 Å². The minimum atomic E-state index is -1.04. The number of hydrogen-bond acceptors (Lipinski definition) is 2. The molecule has 4 nitrogen and oxygen atoms in total. The highest BCUT2D eigenvalue weighted by Crippen LogP contribution is 2.32. The molecule has 0 aromatic heterocycles. The van der Waals surface area contributed by atoms with Crippen LogP contribution in [0.5, 0.6) is 0 Å². The number of amides is 1. The van der Waals surface area contributed by atoms with E-state index in [1.807, 2.05) is 0 Å². The van der Waals surface area contributed by atoms with Crippen molar-refractivity contribution in [1.29, 1.82) is 0 Å². The molecule has 2 N–H and O–H groups in total. The normalized spacial score (nSPS) is 21.9. The molecule has 0 unspecified atom stereocenters. The number of halogens is 2. The van der Waals surface area contributed by atoms with E-state index >= 15 is 0 Å². The number of carbonyl (C=O) groups excluding carboxylic acids is 1. The predicted octanol–water partition coefficient (Wildman–Crippen LogP) is 3.10. The van der Waals surface area contributed by atoms with Gasteiger partial charge in [-0.2, -0.15) is 0 Å². The zero-order valence-corrected chi connectivity index (χ0v) is 11.7. The molecule has 0 bridgehead atoms. The van der Waals surface area contributed by atoms with Crippen molar-refractivity contribution in [2.45, 2.75) is 32.6 Å². The van der Waals surface area contributed by atoms with Crippen molar-refractivity contribution >= 4 is 17.6 Å². The molecule has 114 valence electrons. The zero-order valence-electron chi connectivity index (χ0n) is 11.7. The number of aryl methyl sites for hydroxylation is 1. The fourth-order valence-electron chi connectivity index (χ4n) is 2.73. The van der Waals surface area contributed by atoms with E-state index in [1.54, 1.807) is 0 Å². The molecule has 6 heteroatoms. The standard InChI is InChI=1S/C15H17F2NO3/c1-8-6-7-11(16)13(12(8)17)18-14(19)9-4-2-3-5-10(9)15(20)21/h6-7,9-10H,2-5H2,1H3,(H,18,19)(H,20,21)/t9-,10+/m1/s1. The maximum atomic E-state index is 13.9. The summed E-state index contributed by atoms with van der Waals surface area (Å²) in [5.74, 6) is -4.92. The lowest BCUT2D eigenvalue weighted by molar-refractivity contribution is -0.147. The highest BCUT2D eigenvalue weighted by Gasteiger charge is 2.36. The van der Waals surface area contributed by atoms with E-state index in [2.05, 4.69) is 5.32 Å². The fourth-order valence-corrected chi connectivity index (χ4v) is 2.73. The Labute approximate surface area is 121 Å². The fraction of sp³-hybridized carbons (Fsp3) is 0.467. The van der Waals surface area contributed by atoms with Crippen LogP contribution in [-0.2, 0) is 9.59 Å². The highest BCUT2D eigenvalue weighted by atomic mass is 19.1. The average Bonchev–Trinajstić information content (AvgIpc) is 2.47. The number of carbonyl (C=O) groups is 2. The van der Waals surface area contributed by atoms with Crippen LogP contribution in [0.1, 0.15) is 31.2 Å². The largest absolute Gasteiger partial charge is 0.481 e. The summed E-state index contributed by atoms with van der Waals surface area (Å²) in [6, 6.07) is 2.35. The first kappa shape index (κ1) is 15.4. The first-order chi connectivity index (χ1) is 9.91. The Kier molecular flexibility index (Phi) is 4.55. The summed E-state index contributed by atoms with van der Waals surface area (Å²) in [7, 11) is 0. The summed E-state index contributed by atoms with van der Waals surface area (Å²) in [6.45, 7) is 1.46. The first-order valence-electron chi connectivity index (χ1n) is 6.90. The van der Waals surface area contributed by atoms with E-state index in [-0.39, 0.29) is 5.56 Å². The highest BCUT2D eigenvalue weighted by molar-refractivity contribution is 5.95. The third kappa shape index (κ3) is 3.20. The number of benzene rings is 1. The van der Waals surface area contributed by atoms with Gasteiger partial charge in [0, 0.05) is 0 Å². The van der Waals surface area contributed by atoms with Gasteiger partial charge in [0.15, 0.2) is 5.82 Å². The SMILES string of the molecule is Cc1ccc(F)c(NC(=O)[C@@H]2CCCC[C@@H]2C(=O)O)c1F. The lowest BCUT2D eigenvalue weighted by Crippen LogP contribution is -2.36. The molecule has 2 rings (SSSR count). The number of aliphatic carboxylic acids is 1. The monoisotopic (exact) mass is 297 g/mol. The lowest BCUT2D eigenvalue weighted by Gasteiger charge is -2.27. The Balaban J connectivity index is 2.21. The number of hydrogen-bond donors (Lipinski definition) is 2. The maximum Gasteiger partial charge on any atom is 0.307 e. The molecule has 1 amide bonds. The molecule has 0 spiro atoms. The molecule has 1 fully saturated rings. The van der Waals surface area contributed by atoms with Gasteiger partial charge in [-0.05, 0) is 31.4 Å². The molecule has 1 aliphatic carbocycles. The van der Waals surface area contributed by atoms with E-state index in [0.29, 0.717) is 12.8 Å². The Morgan fingerprint density at radius 2 is 1.81 bits per heavy atom. The van der Waals surface area contributed by atoms with E-state index in [9.17, 15) is 18.4 Å². The number of anilines is 1. The molecular formula is C15H17F2NO3. The van der Waals surface area contributed by atoms with Gasteiger partial charge in [-0.25, -0.2) is 8.78 Å². The third-order valence-electron chi connectivity index (χ3n) is 3.95. The second kappa shape index (κ2) is 6.20. The Morgan fingerprint density at radius 3 is 2.43 bits per heavy atom. The average molecular weight is 297 g/mol. The van der Waals surface area contributed by atoms with Crippen LogP contribution in [0, 0.1) is 30.4 Å². The van der Waals surface area contributed by atoms with Gasteiger partial charge in [0.25, 0.3) is 0 Å². The Morgan fingerprint density at radius 1 is 1.19 bits per heavy atom. The van der Waals surface area contributed by atoms with Crippen LogP contribution in [0.2, 0.25) is 0 Å². The molecule has 21 heavy (non-hydrogen) atoms. The molecule has 0 saturated heterocycles. The quantitative estimate of drug-likeness (QED) is 0.901. The van der Waals surface area contributed by atoms with Crippen LogP contribution in [0.15, 0.2) is 12.1 Å². The molecule has 1 saturated carbocycles. The van der Waals surface area contributed by atoms with Gasteiger partial charge in [0.1, 0.15) is 11.5 Å². The zero-order chi connectivity index (χ0) is 15.6. The third-order valence-corrected chi connectivity index (χ3v) is 3.95. The number of rotatable bonds is 3. The molecule has 0 aliphatic heterocycles. The minimum Gasteiger partial charge on any atom is -0.481 e. The lowest BCUT2D eigenvalue weighted by atomic mass is 9.78. The van der Waals surface area contributed by atoms with Crippen LogP contribution < -0.4 is 5.32 Å². The van der Waals surface area contributed by atoms with Gasteiger partial charge >= 0.3 is 5.97 Å². The van der Waals surface area contributed by atoms with Gasteiger partial charge in [0.2, 0.25) is 5.91 Å². The van der Waals surface area contributed by atoms with Gasteiger partial charge in [0.05, 0.1) is 11.8 Å². The second-order valence-corrected chi connectivity index (χ2v) is 5.38. The molecule has 2 atom stereocenters. The molecule has 1 aromatic rings. The first-order valence-corrected chi connectivity index (χ1v) is 6.90. The van der Waals surface area contributed by atoms with Crippen LogP contribution in [-0.4, -0.2) is 17.0 Å². The molecule has 1 aliphatic rings. The van der Waals surface area contributed by atoms with Crippen LogP contribution in [0.3, 0.4) is 0 Å². The van der Waals surface area contributed by atoms with Crippen molar-refractivity contribution in [3.63, 3.8) is 0 Å². The summed E-state index contributed by atoms with van der Waals surface area (Å²) >= 11 is 0. The second-order valence-electron chi connectivity index (χ2n) is 5.38. The molecule has 0 radical (unpaired) electrons. The van der Waals surface area contributed by atoms with E-state index in [1.165, 1.54) is 13.0 Å². The van der Waals surface area contributed by atoms with Crippen LogP contribution in [0.4, 0.5) is 14.5 Å². The molecule has 0 heterocycles. The van der Waals surface area contributed by atoms with Gasteiger partial charge in [-0.15, -0.1) is 0 Å². The molecular weight excluding hydrogens is 280 g/mol. The number of carboxylic acid groups (broad SMARTS) is 1. The van der Waals surface area contributed by atoms with Gasteiger partial charge in [-0.1, -0.05) is 18.9 Å². The maximum absolute atomic E-state index is 13.9. The Hall–Kier alpha value is -1.98. The minimum absolute atomic E-state index is 0.213. The number of nitrogens with one attached hydrogen (secondary N) is 1. The van der Waals surface area contributed by atoms with E-state index in [0.717, 1.165) is 18.9 Å². The van der Waals surface area contributed by atoms with Crippen molar-refractivity contribution in [2.24, 2.45) is 11.8 Å². The summed E-state index contributed by atoms with van der Waals surface area (Å²) in [6.07, 6.45) is 2.30. The van der Waals surface area contributed by atoms with E-state index in [4.69, 9.17) is 5.11 Å². The van der Waals surface area contributed by atoms with Crippen molar-refractivity contribution in [3.8, 4) is 0 Å².